The first-order chi connectivity index (χ1) is 7.19. The van der Waals surface area contributed by atoms with Crippen LogP contribution in [0, 0.1) is 0 Å². The molecule has 4 nitrogen and oxygen atoms in total. The minimum Gasteiger partial charge on any atom is -0.365 e. The average molecular weight is 214 g/mol. The van der Waals surface area contributed by atoms with E-state index in [0.717, 1.165) is 32.4 Å². The maximum absolute atomic E-state index is 11.7. The molecule has 1 amide bonds. The Bertz CT molecular complexity index is 201. The number of hydrogen-bond acceptors (Lipinski definition) is 3. The van der Waals surface area contributed by atoms with Crippen LogP contribution in [0.1, 0.15) is 33.1 Å². The van der Waals surface area contributed by atoms with Gasteiger partial charge in [-0.1, -0.05) is 6.92 Å². The lowest BCUT2D eigenvalue weighted by atomic mass is 10.0. The molecule has 0 saturated carbocycles. The van der Waals surface area contributed by atoms with Gasteiger partial charge < -0.3 is 15.4 Å². The van der Waals surface area contributed by atoms with Gasteiger partial charge in [0.1, 0.15) is 5.60 Å². The summed E-state index contributed by atoms with van der Waals surface area (Å²) < 4.78 is 5.45. The number of amides is 1. The maximum Gasteiger partial charge on any atom is 0.252 e. The average Bonchev–Trinajstić information content (AvgIpc) is 2.66. The van der Waals surface area contributed by atoms with Gasteiger partial charge in [0.25, 0.3) is 5.91 Å². The fourth-order valence-corrected chi connectivity index (χ4v) is 1.71. The van der Waals surface area contributed by atoms with Gasteiger partial charge in [0.05, 0.1) is 0 Å². The first-order valence-electron chi connectivity index (χ1n) is 5.82. The lowest BCUT2D eigenvalue weighted by molar-refractivity contribution is -0.139. The van der Waals surface area contributed by atoms with Crippen molar-refractivity contribution >= 4 is 5.91 Å². The Hall–Kier alpha value is -0.610. The number of carbonyl (C=O) groups is 1. The lowest BCUT2D eigenvalue weighted by Gasteiger charge is -2.21. The Labute approximate surface area is 91.8 Å². The van der Waals surface area contributed by atoms with Gasteiger partial charge >= 0.3 is 0 Å². The summed E-state index contributed by atoms with van der Waals surface area (Å²) >= 11 is 0. The molecule has 0 aromatic heterocycles. The van der Waals surface area contributed by atoms with Crippen molar-refractivity contribution in [2.24, 2.45) is 0 Å². The summed E-state index contributed by atoms with van der Waals surface area (Å²) in [6.45, 7) is 7.21. The Kier molecular flexibility index (Phi) is 5.05. The van der Waals surface area contributed by atoms with Crippen LogP contribution >= 0.6 is 0 Å². The molecule has 1 fully saturated rings. The van der Waals surface area contributed by atoms with E-state index in [1.54, 1.807) is 0 Å². The number of nitrogens with one attached hydrogen (secondary N) is 2. The molecule has 15 heavy (non-hydrogen) atoms. The van der Waals surface area contributed by atoms with Crippen molar-refractivity contribution in [2.45, 2.75) is 38.7 Å². The predicted molar refractivity (Wildman–Crippen MR) is 59.8 cm³/mol. The van der Waals surface area contributed by atoms with Crippen molar-refractivity contribution in [1.29, 1.82) is 0 Å². The standard InChI is InChI=1S/C11H22N2O2/c1-3-6-12-7-8-13-10(14)11(2)5-4-9-15-11/h12H,3-9H2,1-2H3,(H,13,14). The molecule has 2 N–H and O–H groups in total. The quantitative estimate of drug-likeness (QED) is 0.639. The molecule has 4 heteroatoms. The first kappa shape index (κ1) is 12.5. The molecule has 0 spiro atoms. The Morgan fingerprint density at radius 1 is 1.40 bits per heavy atom. The molecule has 0 aromatic carbocycles. The molecule has 0 aliphatic carbocycles. The second-order valence-corrected chi connectivity index (χ2v) is 4.19. The normalized spacial score (nSPS) is 25.5. The summed E-state index contributed by atoms with van der Waals surface area (Å²) in [6.07, 6.45) is 2.94. The first-order valence-corrected chi connectivity index (χ1v) is 5.82. The summed E-state index contributed by atoms with van der Waals surface area (Å²) in [5.74, 6) is 0.0262. The van der Waals surface area contributed by atoms with E-state index >= 15 is 0 Å². The van der Waals surface area contributed by atoms with Crippen LogP contribution in [0.25, 0.3) is 0 Å². The Balaban J connectivity index is 2.12. The smallest absolute Gasteiger partial charge is 0.252 e. The zero-order valence-corrected chi connectivity index (χ0v) is 9.77. The number of ether oxygens (including phenoxy) is 1. The van der Waals surface area contributed by atoms with Gasteiger partial charge in [-0.3, -0.25) is 4.79 Å². The number of rotatable bonds is 6. The van der Waals surface area contributed by atoms with Gasteiger partial charge in [-0.15, -0.1) is 0 Å². The second kappa shape index (κ2) is 6.08. The largest absolute Gasteiger partial charge is 0.365 e. The van der Waals surface area contributed by atoms with Crippen LogP contribution < -0.4 is 10.6 Å². The zero-order valence-electron chi connectivity index (χ0n) is 9.77. The van der Waals surface area contributed by atoms with Crippen molar-refractivity contribution in [3.63, 3.8) is 0 Å². The third-order valence-electron chi connectivity index (χ3n) is 2.71. The SMILES string of the molecule is CCCNCCNC(=O)C1(C)CCCO1. The molecule has 0 bridgehead atoms. The minimum absolute atomic E-state index is 0.0262. The molecule has 0 radical (unpaired) electrons. The van der Waals surface area contributed by atoms with E-state index in [2.05, 4.69) is 17.6 Å². The predicted octanol–water partition coefficient (Wildman–Crippen LogP) is 0.671. The fraction of sp³-hybridized carbons (Fsp3) is 0.909. The topological polar surface area (TPSA) is 50.4 Å². The third kappa shape index (κ3) is 3.80. The van der Waals surface area contributed by atoms with E-state index in [0.29, 0.717) is 13.2 Å². The van der Waals surface area contributed by atoms with E-state index < -0.39 is 5.60 Å². The van der Waals surface area contributed by atoms with Crippen LogP contribution in [0.2, 0.25) is 0 Å². The van der Waals surface area contributed by atoms with Crippen LogP contribution in [-0.2, 0) is 9.53 Å². The molecule has 1 rings (SSSR count). The van der Waals surface area contributed by atoms with Gasteiger partial charge in [-0.2, -0.15) is 0 Å². The van der Waals surface area contributed by atoms with Crippen LogP contribution in [0.5, 0.6) is 0 Å². The van der Waals surface area contributed by atoms with Crippen LogP contribution in [-0.4, -0.2) is 37.7 Å². The zero-order chi connectivity index (χ0) is 11.1. The van der Waals surface area contributed by atoms with E-state index in [-0.39, 0.29) is 5.91 Å². The second-order valence-electron chi connectivity index (χ2n) is 4.19. The number of hydrogen-bond donors (Lipinski definition) is 2. The lowest BCUT2D eigenvalue weighted by Crippen LogP contribution is -2.45. The molecular weight excluding hydrogens is 192 g/mol. The molecule has 0 aromatic rings. The highest BCUT2D eigenvalue weighted by Gasteiger charge is 2.37. The molecule has 1 aliphatic rings. The van der Waals surface area contributed by atoms with Gasteiger partial charge in [0.15, 0.2) is 0 Å². The van der Waals surface area contributed by atoms with Gasteiger partial charge in [-0.25, -0.2) is 0 Å². The van der Waals surface area contributed by atoms with E-state index in [1.807, 2.05) is 6.92 Å². The van der Waals surface area contributed by atoms with Crippen molar-refractivity contribution in [2.75, 3.05) is 26.2 Å². The van der Waals surface area contributed by atoms with Gasteiger partial charge in [0.2, 0.25) is 0 Å². The number of carbonyl (C=O) groups excluding carboxylic acids is 1. The van der Waals surface area contributed by atoms with Crippen molar-refractivity contribution in [3.8, 4) is 0 Å². The monoisotopic (exact) mass is 214 g/mol. The van der Waals surface area contributed by atoms with Crippen molar-refractivity contribution < 1.29 is 9.53 Å². The van der Waals surface area contributed by atoms with Crippen molar-refractivity contribution in [3.05, 3.63) is 0 Å². The van der Waals surface area contributed by atoms with Gasteiger partial charge in [0, 0.05) is 19.7 Å². The van der Waals surface area contributed by atoms with E-state index in [1.165, 1.54) is 0 Å². The molecule has 1 saturated heterocycles. The summed E-state index contributed by atoms with van der Waals surface area (Å²) in [5.41, 5.74) is -0.579. The third-order valence-corrected chi connectivity index (χ3v) is 2.71. The van der Waals surface area contributed by atoms with E-state index in [4.69, 9.17) is 4.74 Å². The highest BCUT2D eigenvalue weighted by molar-refractivity contribution is 5.84. The summed E-state index contributed by atoms with van der Waals surface area (Å²) in [5, 5.41) is 6.14. The Morgan fingerprint density at radius 2 is 2.20 bits per heavy atom. The summed E-state index contributed by atoms with van der Waals surface area (Å²) in [4.78, 5) is 11.7. The highest BCUT2D eigenvalue weighted by atomic mass is 16.5. The minimum atomic E-state index is -0.579. The molecule has 88 valence electrons. The fourth-order valence-electron chi connectivity index (χ4n) is 1.71. The van der Waals surface area contributed by atoms with Gasteiger partial charge in [-0.05, 0) is 32.7 Å². The van der Waals surface area contributed by atoms with Crippen LogP contribution in [0.15, 0.2) is 0 Å². The molecule has 1 unspecified atom stereocenters. The molecule has 1 aliphatic heterocycles. The van der Waals surface area contributed by atoms with E-state index in [9.17, 15) is 4.79 Å². The van der Waals surface area contributed by atoms with Crippen molar-refractivity contribution in [1.82, 2.24) is 10.6 Å². The van der Waals surface area contributed by atoms with Crippen LogP contribution in [0.3, 0.4) is 0 Å². The molecule has 1 heterocycles. The molecule has 1 atom stereocenters. The summed E-state index contributed by atoms with van der Waals surface area (Å²) in [6, 6.07) is 0. The Morgan fingerprint density at radius 3 is 2.80 bits per heavy atom. The van der Waals surface area contributed by atoms with Crippen LogP contribution in [0.4, 0.5) is 0 Å². The molecular formula is C11H22N2O2. The highest BCUT2D eigenvalue weighted by Crippen LogP contribution is 2.24. The summed E-state index contributed by atoms with van der Waals surface area (Å²) in [7, 11) is 0. The maximum atomic E-state index is 11.7.